The van der Waals surface area contributed by atoms with Crippen LogP contribution >= 0.6 is 0 Å². The smallest absolute Gasteiger partial charge is 0.307 e. The van der Waals surface area contributed by atoms with Gasteiger partial charge in [0.15, 0.2) is 0 Å². The Labute approximate surface area is 76.6 Å². The van der Waals surface area contributed by atoms with Gasteiger partial charge in [0, 0.05) is 0 Å². The Balaban J connectivity index is 2.72. The first-order valence-electron chi connectivity index (χ1n) is 4.48. The molecule has 0 bridgehead atoms. The summed E-state index contributed by atoms with van der Waals surface area (Å²) in [4.78, 5) is 21.5. The first-order valence-corrected chi connectivity index (χ1v) is 4.48. The molecule has 4 heteroatoms. The second-order valence-electron chi connectivity index (χ2n) is 3.81. The predicted molar refractivity (Wildman–Crippen MR) is 45.3 cm³/mol. The van der Waals surface area contributed by atoms with E-state index in [2.05, 4.69) is 0 Å². The second kappa shape index (κ2) is 3.77. The minimum absolute atomic E-state index is 0.330. The van der Waals surface area contributed by atoms with Crippen LogP contribution in [0.1, 0.15) is 26.2 Å². The Kier molecular flexibility index (Phi) is 2.90. The molecular weight excluding hydrogens is 172 g/mol. The zero-order valence-electron chi connectivity index (χ0n) is 7.56. The van der Waals surface area contributed by atoms with Gasteiger partial charge in [-0.05, 0) is 25.2 Å². The first-order chi connectivity index (χ1) is 6.02. The first kappa shape index (κ1) is 10.0. The number of aliphatic carboxylic acids is 2. The molecule has 74 valence electrons. The number of carbonyl (C=O) groups is 2. The Bertz CT molecular complexity index is 224. The van der Waals surface area contributed by atoms with E-state index in [1.165, 1.54) is 0 Å². The lowest BCUT2D eigenvalue weighted by atomic mass is 9.75. The van der Waals surface area contributed by atoms with Crippen molar-refractivity contribution in [2.24, 2.45) is 17.8 Å². The number of carboxylic acids is 2. The second-order valence-corrected chi connectivity index (χ2v) is 3.81. The molecule has 13 heavy (non-hydrogen) atoms. The topological polar surface area (TPSA) is 74.6 Å². The van der Waals surface area contributed by atoms with Crippen LogP contribution in [0.3, 0.4) is 0 Å². The van der Waals surface area contributed by atoms with Gasteiger partial charge < -0.3 is 10.2 Å². The third kappa shape index (κ3) is 2.20. The van der Waals surface area contributed by atoms with E-state index < -0.39 is 23.8 Å². The van der Waals surface area contributed by atoms with E-state index in [-0.39, 0.29) is 0 Å². The van der Waals surface area contributed by atoms with E-state index in [0.29, 0.717) is 18.8 Å². The molecule has 0 aromatic rings. The molecule has 0 amide bonds. The molecule has 0 aliphatic heterocycles. The van der Waals surface area contributed by atoms with Gasteiger partial charge in [0.05, 0.1) is 11.8 Å². The van der Waals surface area contributed by atoms with E-state index in [1.54, 1.807) is 0 Å². The normalized spacial score (nSPS) is 34.1. The van der Waals surface area contributed by atoms with Crippen molar-refractivity contribution in [3.63, 3.8) is 0 Å². The van der Waals surface area contributed by atoms with Crippen LogP contribution in [0.4, 0.5) is 0 Å². The summed E-state index contributed by atoms with van der Waals surface area (Å²) in [7, 11) is 0. The Morgan fingerprint density at radius 3 is 2.08 bits per heavy atom. The zero-order chi connectivity index (χ0) is 10.0. The summed E-state index contributed by atoms with van der Waals surface area (Å²) in [6.45, 7) is 1.97. The Morgan fingerprint density at radius 2 is 1.62 bits per heavy atom. The van der Waals surface area contributed by atoms with E-state index in [4.69, 9.17) is 10.2 Å². The highest BCUT2D eigenvalue weighted by Crippen LogP contribution is 2.33. The molecule has 4 nitrogen and oxygen atoms in total. The van der Waals surface area contributed by atoms with Gasteiger partial charge in [0.1, 0.15) is 0 Å². The van der Waals surface area contributed by atoms with Crippen molar-refractivity contribution < 1.29 is 19.8 Å². The summed E-state index contributed by atoms with van der Waals surface area (Å²) in [6.07, 6.45) is 1.81. The minimum Gasteiger partial charge on any atom is -0.481 e. The zero-order valence-corrected chi connectivity index (χ0v) is 7.56. The predicted octanol–water partition coefficient (Wildman–Crippen LogP) is 1.21. The van der Waals surface area contributed by atoms with Crippen LogP contribution in [0.25, 0.3) is 0 Å². The monoisotopic (exact) mass is 186 g/mol. The molecular formula is C9H14O4. The summed E-state index contributed by atoms with van der Waals surface area (Å²) < 4.78 is 0. The maximum atomic E-state index is 10.8. The molecule has 1 rings (SSSR count). The molecule has 0 heterocycles. The van der Waals surface area contributed by atoms with Crippen LogP contribution in [-0.4, -0.2) is 22.2 Å². The Hall–Kier alpha value is -1.06. The minimum atomic E-state index is -0.973. The average molecular weight is 186 g/mol. The van der Waals surface area contributed by atoms with E-state index in [1.807, 2.05) is 6.92 Å². The number of rotatable bonds is 2. The van der Waals surface area contributed by atoms with E-state index >= 15 is 0 Å². The van der Waals surface area contributed by atoms with Crippen molar-refractivity contribution in [2.75, 3.05) is 0 Å². The molecule has 3 atom stereocenters. The summed E-state index contributed by atoms with van der Waals surface area (Å²) >= 11 is 0. The summed E-state index contributed by atoms with van der Waals surface area (Å²) in [5.74, 6) is -3.00. The lowest BCUT2D eigenvalue weighted by molar-refractivity contribution is -0.156. The van der Waals surface area contributed by atoms with Gasteiger partial charge in [-0.2, -0.15) is 0 Å². The van der Waals surface area contributed by atoms with Crippen molar-refractivity contribution in [1.82, 2.24) is 0 Å². The van der Waals surface area contributed by atoms with Gasteiger partial charge in [-0.15, -0.1) is 0 Å². The van der Waals surface area contributed by atoms with Crippen molar-refractivity contribution in [3.05, 3.63) is 0 Å². The van der Waals surface area contributed by atoms with Gasteiger partial charge in [-0.3, -0.25) is 9.59 Å². The highest BCUT2D eigenvalue weighted by atomic mass is 16.4. The average Bonchev–Trinajstić information content (AvgIpc) is 2.03. The van der Waals surface area contributed by atoms with Gasteiger partial charge >= 0.3 is 11.9 Å². The molecule has 0 spiro atoms. The molecule has 1 unspecified atom stereocenters. The molecule has 1 saturated carbocycles. The number of carboxylic acid groups (broad SMARTS) is 2. The Morgan fingerprint density at radius 1 is 1.08 bits per heavy atom. The summed E-state index contributed by atoms with van der Waals surface area (Å²) in [5, 5.41) is 17.6. The molecule has 0 saturated heterocycles. The van der Waals surface area contributed by atoms with Crippen LogP contribution in [0.5, 0.6) is 0 Å². The maximum Gasteiger partial charge on any atom is 0.307 e. The maximum absolute atomic E-state index is 10.8. The van der Waals surface area contributed by atoms with Gasteiger partial charge in [-0.1, -0.05) is 6.92 Å². The summed E-state index contributed by atoms with van der Waals surface area (Å²) in [6, 6.07) is 0. The van der Waals surface area contributed by atoms with Crippen LogP contribution in [-0.2, 0) is 9.59 Å². The van der Waals surface area contributed by atoms with E-state index in [9.17, 15) is 9.59 Å². The number of hydrogen-bond donors (Lipinski definition) is 2. The SMILES string of the molecule is CC1CC[C@H](C(=O)O)[C@H](C(=O)O)C1. The van der Waals surface area contributed by atoms with Crippen LogP contribution < -0.4 is 0 Å². The third-order valence-corrected chi connectivity index (χ3v) is 2.75. The lowest BCUT2D eigenvalue weighted by Crippen LogP contribution is -2.34. The molecule has 1 aliphatic carbocycles. The van der Waals surface area contributed by atoms with E-state index in [0.717, 1.165) is 6.42 Å². The largest absolute Gasteiger partial charge is 0.481 e. The fraction of sp³-hybridized carbons (Fsp3) is 0.778. The molecule has 2 N–H and O–H groups in total. The highest BCUT2D eigenvalue weighted by Gasteiger charge is 2.37. The quantitative estimate of drug-likeness (QED) is 0.679. The standard InChI is InChI=1S/C9H14O4/c1-5-2-3-6(8(10)11)7(4-5)9(12)13/h5-7H,2-4H2,1H3,(H,10,11)(H,12,13)/t5?,6-,7+/m0/s1. The molecule has 0 aromatic heterocycles. The third-order valence-electron chi connectivity index (χ3n) is 2.75. The van der Waals surface area contributed by atoms with Gasteiger partial charge in [0.25, 0.3) is 0 Å². The van der Waals surface area contributed by atoms with Gasteiger partial charge in [0.2, 0.25) is 0 Å². The van der Waals surface area contributed by atoms with Crippen molar-refractivity contribution in [3.8, 4) is 0 Å². The molecule has 1 fully saturated rings. The van der Waals surface area contributed by atoms with Crippen molar-refractivity contribution in [2.45, 2.75) is 26.2 Å². The van der Waals surface area contributed by atoms with Crippen LogP contribution in [0, 0.1) is 17.8 Å². The fourth-order valence-electron chi connectivity index (χ4n) is 1.95. The van der Waals surface area contributed by atoms with Crippen LogP contribution in [0.15, 0.2) is 0 Å². The van der Waals surface area contributed by atoms with Crippen molar-refractivity contribution in [1.29, 1.82) is 0 Å². The molecule has 0 radical (unpaired) electrons. The highest BCUT2D eigenvalue weighted by molar-refractivity contribution is 5.80. The fourth-order valence-corrected chi connectivity index (χ4v) is 1.95. The lowest BCUT2D eigenvalue weighted by Gasteiger charge is -2.29. The van der Waals surface area contributed by atoms with Crippen LogP contribution in [0.2, 0.25) is 0 Å². The van der Waals surface area contributed by atoms with Gasteiger partial charge in [-0.25, -0.2) is 0 Å². The molecule has 0 aromatic carbocycles. The van der Waals surface area contributed by atoms with Crippen molar-refractivity contribution >= 4 is 11.9 Å². The molecule has 1 aliphatic rings. The number of hydrogen-bond acceptors (Lipinski definition) is 2. The summed E-state index contributed by atoms with van der Waals surface area (Å²) in [5.41, 5.74) is 0.